The number of methoxy groups -OCH3 is 1. The molecule has 2 atom stereocenters. The summed E-state index contributed by atoms with van der Waals surface area (Å²) < 4.78 is 23.8. The second kappa shape index (κ2) is 6.98. The fraction of sp³-hybridized carbons (Fsp3) is 0.429. The van der Waals surface area contributed by atoms with E-state index in [1.54, 1.807) is 20.1 Å². The maximum absolute atomic E-state index is 13.7. The normalized spacial score (nSPS) is 14.1. The number of nitrogens with zero attached hydrogens (tertiary/aromatic N) is 2. The SMILES string of the molecule is COCC(C)NC(c1ccc(Cl)c(F)c1)c1noc(C)n1. The van der Waals surface area contributed by atoms with Gasteiger partial charge in [0.15, 0.2) is 5.82 Å². The van der Waals surface area contributed by atoms with Crippen molar-refractivity contribution >= 4 is 11.6 Å². The summed E-state index contributed by atoms with van der Waals surface area (Å²) in [5.74, 6) is 0.406. The van der Waals surface area contributed by atoms with Crippen molar-refractivity contribution in [1.29, 1.82) is 0 Å². The molecule has 0 saturated heterocycles. The summed E-state index contributed by atoms with van der Waals surface area (Å²) in [5, 5.41) is 7.28. The van der Waals surface area contributed by atoms with Crippen molar-refractivity contribution in [1.82, 2.24) is 15.5 Å². The van der Waals surface area contributed by atoms with Gasteiger partial charge in [0.1, 0.15) is 5.82 Å². The van der Waals surface area contributed by atoms with Crippen LogP contribution in [0.15, 0.2) is 22.7 Å². The lowest BCUT2D eigenvalue weighted by molar-refractivity contribution is 0.168. The maximum Gasteiger partial charge on any atom is 0.223 e. The summed E-state index contributed by atoms with van der Waals surface area (Å²) in [7, 11) is 1.62. The zero-order chi connectivity index (χ0) is 15.4. The number of hydrogen-bond donors (Lipinski definition) is 1. The topological polar surface area (TPSA) is 60.2 Å². The molecule has 0 bridgehead atoms. The Bertz CT molecular complexity index is 606. The third-order valence-electron chi connectivity index (χ3n) is 2.95. The predicted octanol–water partition coefficient (Wildman–Crippen LogP) is 2.88. The van der Waals surface area contributed by atoms with Crippen LogP contribution < -0.4 is 5.32 Å². The van der Waals surface area contributed by atoms with Crippen LogP contribution >= 0.6 is 11.6 Å². The molecule has 0 amide bonds. The first-order valence-electron chi connectivity index (χ1n) is 6.51. The number of aromatic nitrogens is 2. The molecule has 1 heterocycles. The Kier molecular flexibility index (Phi) is 5.27. The van der Waals surface area contributed by atoms with E-state index in [1.807, 2.05) is 6.92 Å². The van der Waals surface area contributed by atoms with Crippen molar-refractivity contribution in [3.63, 3.8) is 0 Å². The van der Waals surface area contributed by atoms with E-state index >= 15 is 0 Å². The van der Waals surface area contributed by atoms with Gasteiger partial charge < -0.3 is 9.26 Å². The second-order valence-electron chi connectivity index (χ2n) is 4.80. The van der Waals surface area contributed by atoms with E-state index in [2.05, 4.69) is 15.5 Å². The average molecular weight is 314 g/mol. The molecule has 1 aromatic heterocycles. The zero-order valence-electron chi connectivity index (χ0n) is 12.1. The molecular weight excluding hydrogens is 297 g/mol. The first-order chi connectivity index (χ1) is 10.0. The molecule has 2 rings (SSSR count). The van der Waals surface area contributed by atoms with Crippen molar-refractivity contribution in [3.8, 4) is 0 Å². The smallest absolute Gasteiger partial charge is 0.223 e. The highest BCUT2D eigenvalue weighted by molar-refractivity contribution is 6.30. The highest BCUT2D eigenvalue weighted by Crippen LogP contribution is 2.24. The summed E-state index contributed by atoms with van der Waals surface area (Å²) in [5.41, 5.74) is 0.667. The third kappa shape index (κ3) is 4.00. The van der Waals surface area contributed by atoms with E-state index in [9.17, 15) is 4.39 Å². The molecule has 21 heavy (non-hydrogen) atoms. The second-order valence-corrected chi connectivity index (χ2v) is 5.21. The molecule has 0 aliphatic rings. The van der Waals surface area contributed by atoms with Crippen LogP contribution in [0.4, 0.5) is 4.39 Å². The van der Waals surface area contributed by atoms with Crippen LogP contribution in [0.1, 0.15) is 30.2 Å². The molecule has 2 unspecified atom stereocenters. The van der Waals surface area contributed by atoms with Gasteiger partial charge in [-0.25, -0.2) is 4.39 Å². The van der Waals surface area contributed by atoms with Gasteiger partial charge in [0, 0.05) is 20.1 Å². The molecule has 0 spiro atoms. The number of hydrogen-bond acceptors (Lipinski definition) is 5. The van der Waals surface area contributed by atoms with E-state index in [-0.39, 0.29) is 11.1 Å². The molecule has 5 nitrogen and oxygen atoms in total. The molecule has 0 radical (unpaired) electrons. The minimum Gasteiger partial charge on any atom is -0.383 e. The fourth-order valence-electron chi connectivity index (χ4n) is 2.03. The van der Waals surface area contributed by atoms with E-state index in [0.717, 1.165) is 0 Å². The highest BCUT2D eigenvalue weighted by Gasteiger charge is 2.22. The number of aryl methyl sites for hydroxylation is 1. The van der Waals surface area contributed by atoms with E-state index in [1.165, 1.54) is 12.1 Å². The summed E-state index contributed by atoms with van der Waals surface area (Å²) in [6.45, 7) is 4.16. The Balaban J connectivity index is 2.32. The average Bonchev–Trinajstić information content (AvgIpc) is 2.86. The molecule has 0 fully saturated rings. The van der Waals surface area contributed by atoms with E-state index in [4.69, 9.17) is 20.9 Å². The highest BCUT2D eigenvalue weighted by atomic mass is 35.5. The van der Waals surface area contributed by atoms with E-state index in [0.29, 0.717) is 23.9 Å². The van der Waals surface area contributed by atoms with Crippen LogP contribution in [-0.2, 0) is 4.74 Å². The Morgan fingerprint density at radius 3 is 2.81 bits per heavy atom. The van der Waals surface area contributed by atoms with Crippen LogP contribution in [0.5, 0.6) is 0 Å². The largest absolute Gasteiger partial charge is 0.383 e. The first-order valence-corrected chi connectivity index (χ1v) is 6.89. The zero-order valence-corrected chi connectivity index (χ0v) is 12.8. The maximum atomic E-state index is 13.7. The number of nitrogens with one attached hydrogen (secondary N) is 1. The van der Waals surface area contributed by atoms with Crippen LogP contribution in [0.3, 0.4) is 0 Å². The van der Waals surface area contributed by atoms with E-state index < -0.39 is 11.9 Å². The Morgan fingerprint density at radius 1 is 1.48 bits per heavy atom. The van der Waals surface area contributed by atoms with Gasteiger partial charge in [0.05, 0.1) is 17.7 Å². The third-order valence-corrected chi connectivity index (χ3v) is 3.25. The van der Waals surface area contributed by atoms with Gasteiger partial charge >= 0.3 is 0 Å². The van der Waals surface area contributed by atoms with Crippen LogP contribution in [0.2, 0.25) is 5.02 Å². The number of ether oxygens (including phenoxy) is 1. The molecule has 1 aromatic carbocycles. The van der Waals surface area contributed by atoms with Crippen molar-refractivity contribution in [3.05, 3.63) is 46.3 Å². The number of benzene rings is 1. The van der Waals surface area contributed by atoms with Gasteiger partial charge in [-0.15, -0.1) is 0 Å². The minimum absolute atomic E-state index is 0.0255. The van der Waals surface area contributed by atoms with Gasteiger partial charge in [-0.1, -0.05) is 22.8 Å². The van der Waals surface area contributed by atoms with Crippen LogP contribution in [0.25, 0.3) is 0 Å². The molecule has 0 saturated carbocycles. The molecular formula is C14H17ClFN3O2. The summed E-state index contributed by atoms with van der Waals surface area (Å²) >= 11 is 5.73. The quantitative estimate of drug-likeness (QED) is 0.888. The Labute approximate surface area is 127 Å². The Morgan fingerprint density at radius 2 is 2.24 bits per heavy atom. The molecule has 7 heteroatoms. The monoisotopic (exact) mass is 313 g/mol. The fourth-order valence-corrected chi connectivity index (χ4v) is 2.14. The number of rotatable bonds is 6. The molecule has 114 valence electrons. The lowest BCUT2D eigenvalue weighted by atomic mass is 10.1. The minimum atomic E-state index is -0.486. The van der Waals surface area contributed by atoms with Gasteiger partial charge in [-0.3, -0.25) is 5.32 Å². The Hall–Kier alpha value is -1.50. The van der Waals surface area contributed by atoms with Crippen LogP contribution in [-0.4, -0.2) is 29.9 Å². The van der Waals surface area contributed by atoms with Gasteiger partial charge in [-0.2, -0.15) is 4.98 Å². The summed E-state index contributed by atoms with van der Waals surface area (Å²) in [4.78, 5) is 4.22. The van der Waals surface area contributed by atoms with Gasteiger partial charge in [0.2, 0.25) is 5.89 Å². The van der Waals surface area contributed by atoms with Gasteiger partial charge in [0.25, 0.3) is 0 Å². The van der Waals surface area contributed by atoms with Crippen LogP contribution in [0, 0.1) is 12.7 Å². The standard InChI is InChI=1S/C14H17ClFN3O2/c1-8(7-20-3)17-13(14-18-9(2)21-19-14)10-4-5-11(15)12(16)6-10/h4-6,8,13,17H,7H2,1-3H3. The van der Waals surface area contributed by atoms with Crippen molar-refractivity contribution in [2.24, 2.45) is 0 Å². The van der Waals surface area contributed by atoms with Crippen molar-refractivity contribution in [2.75, 3.05) is 13.7 Å². The molecule has 1 N–H and O–H groups in total. The molecule has 0 aliphatic carbocycles. The lowest BCUT2D eigenvalue weighted by Crippen LogP contribution is -2.35. The van der Waals surface area contributed by atoms with Gasteiger partial charge in [-0.05, 0) is 24.6 Å². The lowest BCUT2D eigenvalue weighted by Gasteiger charge is -2.21. The number of halogens is 2. The summed E-state index contributed by atoms with van der Waals surface area (Å²) in [6.07, 6.45) is 0. The molecule has 0 aliphatic heterocycles. The predicted molar refractivity (Wildman–Crippen MR) is 76.8 cm³/mol. The molecule has 2 aromatic rings. The van der Waals surface area contributed by atoms with Crippen molar-refractivity contribution in [2.45, 2.75) is 25.9 Å². The first kappa shape index (κ1) is 15.9. The van der Waals surface area contributed by atoms with Crippen molar-refractivity contribution < 1.29 is 13.7 Å². The summed E-state index contributed by atoms with van der Waals surface area (Å²) in [6, 6.07) is 4.23.